The molecule has 0 radical (unpaired) electrons. The molecule has 0 spiro atoms. The number of thioether (sulfide) groups is 1. The summed E-state index contributed by atoms with van der Waals surface area (Å²) in [7, 11) is 0. The van der Waals surface area contributed by atoms with Gasteiger partial charge in [0.15, 0.2) is 0 Å². The summed E-state index contributed by atoms with van der Waals surface area (Å²) in [6, 6.07) is 6.99. The molecule has 2 atom stereocenters. The molecule has 2 N–H and O–H groups in total. The maximum absolute atomic E-state index is 6.37. The molecule has 0 aromatic heterocycles. The van der Waals surface area contributed by atoms with Crippen LogP contribution in [0.2, 0.25) is 0 Å². The van der Waals surface area contributed by atoms with E-state index in [2.05, 4.69) is 45.9 Å². The van der Waals surface area contributed by atoms with Gasteiger partial charge >= 0.3 is 0 Å². The Balaban J connectivity index is 2.14. The molecule has 0 amide bonds. The van der Waals surface area contributed by atoms with Gasteiger partial charge < -0.3 is 5.73 Å². The van der Waals surface area contributed by atoms with E-state index in [1.165, 1.54) is 28.9 Å². The zero-order chi connectivity index (χ0) is 12.6. The van der Waals surface area contributed by atoms with Gasteiger partial charge in [-0.1, -0.05) is 31.5 Å². The fourth-order valence-electron chi connectivity index (χ4n) is 2.49. The first kappa shape index (κ1) is 13.0. The SMILES string of the molecule is Cc1ccc(C)c(SC2CCC(C)(C)C2N)c1. The highest BCUT2D eigenvalue weighted by Gasteiger charge is 2.39. The Morgan fingerprint density at radius 1 is 1.29 bits per heavy atom. The molecule has 0 heterocycles. The van der Waals surface area contributed by atoms with E-state index in [-0.39, 0.29) is 0 Å². The van der Waals surface area contributed by atoms with E-state index in [9.17, 15) is 0 Å². The molecule has 1 aromatic rings. The molecule has 1 fully saturated rings. The van der Waals surface area contributed by atoms with Crippen LogP contribution in [-0.4, -0.2) is 11.3 Å². The first-order chi connectivity index (χ1) is 7.90. The average molecular weight is 249 g/mol. The van der Waals surface area contributed by atoms with Crippen LogP contribution in [0.5, 0.6) is 0 Å². The van der Waals surface area contributed by atoms with Gasteiger partial charge in [-0.15, -0.1) is 11.8 Å². The minimum Gasteiger partial charge on any atom is -0.326 e. The molecule has 0 aliphatic heterocycles. The van der Waals surface area contributed by atoms with Crippen LogP contribution in [0.4, 0.5) is 0 Å². The smallest absolute Gasteiger partial charge is 0.0251 e. The van der Waals surface area contributed by atoms with Gasteiger partial charge in [-0.3, -0.25) is 0 Å². The van der Waals surface area contributed by atoms with Gasteiger partial charge in [0, 0.05) is 16.2 Å². The standard InChI is InChI=1S/C15H23NS/c1-10-5-6-11(2)13(9-10)17-12-7-8-15(3,4)14(12)16/h5-6,9,12,14H,7-8,16H2,1-4H3. The maximum Gasteiger partial charge on any atom is 0.0251 e. The second-order valence-electron chi connectivity index (χ2n) is 5.98. The zero-order valence-electron chi connectivity index (χ0n) is 11.3. The molecule has 2 heteroatoms. The fourth-order valence-corrected chi connectivity index (χ4v) is 4.08. The molecule has 17 heavy (non-hydrogen) atoms. The molecule has 94 valence electrons. The monoisotopic (exact) mass is 249 g/mol. The second-order valence-corrected chi connectivity index (χ2v) is 7.26. The van der Waals surface area contributed by atoms with Crippen LogP contribution in [0, 0.1) is 19.3 Å². The van der Waals surface area contributed by atoms with Crippen molar-refractivity contribution in [3.8, 4) is 0 Å². The highest BCUT2D eigenvalue weighted by molar-refractivity contribution is 8.00. The summed E-state index contributed by atoms with van der Waals surface area (Å²) in [6.45, 7) is 8.93. The van der Waals surface area contributed by atoms with Crippen molar-refractivity contribution in [1.82, 2.24) is 0 Å². The molecule has 1 aromatic carbocycles. The minimum atomic E-state index is 0.301. The van der Waals surface area contributed by atoms with Gasteiger partial charge in [0.25, 0.3) is 0 Å². The van der Waals surface area contributed by atoms with Crippen molar-refractivity contribution in [2.75, 3.05) is 0 Å². The van der Waals surface area contributed by atoms with E-state index in [1.807, 2.05) is 11.8 Å². The van der Waals surface area contributed by atoms with Crippen molar-refractivity contribution in [2.24, 2.45) is 11.1 Å². The van der Waals surface area contributed by atoms with Crippen LogP contribution in [0.1, 0.15) is 37.8 Å². The molecule has 2 unspecified atom stereocenters. The lowest BCUT2D eigenvalue weighted by Gasteiger charge is -2.26. The van der Waals surface area contributed by atoms with Crippen molar-refractivity contribution >= 4 is 11.8 Å². The average Bonchev–Trinajstić information content (AvgIpc) is 2.51. The van der Waals surface area contributed by atoms with Gasteiger partial charge in [0.05, 0.1) is 0 Å². The van der Waals surface area contributed by atoms with Crippen molar-refractivity contribution in [3.63, 3.8) is 0 Å². The Labute approximate surface area is 109 Å². The number of benzene rings is 1. The predicted octanol–water partition coefficient (Wildman–Crippen LogP) is 3.91. The lowest BCUT2D eigenvalue weighted by molar-refractivity contribution is 0.334. The van der Waals surface area contributed by atoms with Crippen molar-refractivity contribution in [3.05, 3.63) is 29.3 Å². The summed E-state index contributed by atoms with van der Waals surface area (Å²) in [6.07, 6.45) is 2.49. The van der Waals surface area contributed by atoms with Crippen molar-refractivity contribution in [2.45, 2.75) is 56.7 Å². The first-order valence-corrected chi connectivity index (χ1v) is 7.27. The van der Waals surface area contributed by atoms with Crippen LogP contribution in [0.3, 0.4) is 0 Å². The van der Waals surface area contributed by atoms with Gasteiger partial charge in [0.1, 0.15) is 0 Å². The molecule has 1 aliphatic rings. The van der Waals surface area contributed by atoms with E-state index in [1.54, 1.807) is 0 Å². The lowest BCUT2D eigenvalue weighted by atomic mass is 9.88. The number of rotatable bonds is 2. The number of hydrogen-bond acceptors (Lipinski definition) is 2. The summed E-state index contributed by atoms with van der Waals surface area (Å²) < 4.78 is 0. The molecule has 1 nitrogen and oxygen atoms in total. The third kappa shape index (κ3) is 2.69. The Morgan fingerprint density at radius 2 is 2.00 bits per heavy atom. The van der Waals surface area contributed by atoms with E-state index < -0.39 is 0 Å². The minimum absolute atomic E-state index is 0.301. The van der Waals surface area contributed by atoms with Gasteiger partial charge in [-0.05, 0) is 43.7 Å². The Morgan fingerprint density at radius 3 is 2.59 bits per heavy atom. The zero-order valence-corrected chi connectivity index (χ0v) is 12.1. The van der Waals surface area contributed by atoms with Gasteiger partial charge in [-0.25, -0.2) is 0 Å². The topological polar surface area (TPSA) is 26.0 Å². The maximum atomic E-state index is 6.37. The highest BCUT2D eigenvalue weighted by Crippen LogP contribution is 2.44. The van der Waals surface area contributed by atoms with Crippen LogP contribution in [0.15, 0.2) is 23.1 Å². The highest BCUT2D eigenvalue weighted by atomic mass is 32.2. The third-order valence-electron chi connectivity index (χ3n) is 4.00. The Bertz CT molecular complexity index is 411. The molecule has 1 aliphatic carbocycles. The quantitative estimate of drug-likeness (QED) is 0.860. The lowest BCUT2D eigenvalue weighted by Crippen LogP contribution is -2.38. The Kier molecular flexibility index (Phi) is 3.55. The second kappa shape index (κ2) is 4.66. The van der Waals surface area contributed by atoms with Crippen LogP contribution in [0.25, 0.3) is 0 Å². The summed E-state index contributed by atoms with van der Waals surface area (Å²) in [5.41, 5.74) is 9.38. The van der Waals surface area contributed by atoms with Gasteiger partial charge in [-0.2, -0.15) is 0 Å². The number of aryl methyl sites for hydroxylation is 2. The molecule has 0 saturated heterocycles. The summed E-state index contributed by atoms with van der Waals surface area (Å²) in [5.74, 6) is 0. The number of nitrogens with two attached hydrogens (primary N) is 1. The van der Waals surface area contributed by atoms with Crippen molar-refractivity contribution < 1.29 is 0 Å². The fraction of sp³-hybridized carbons (Fsp3) is 0.600. The third-order valence-corrected chi connectivity index (χ3v) is 5.52. The normalized spacial score (nSPS) is 27.4. The van der Waals surface area contributed by atoms with Crippen LogP contribution in [-0.2, 0) is 0 Å². The first-order valence-electron chi connectivity index (χ1n) is 6.40. The predicted molar refractivity (Wildman–Crippen MR) is 76.6 cm³/mol. The largest absolute Gasteiger partial charge is 0.326 e. The summed E-state index contributed by atoms with van der Waals surface area (Å²) >= 11 is 1.98. The van der Waals surface area contributed by atoms with Gasteiger partial charge in [0.2, 0.25) is 0 Å². The summed E-state index contributed by atoms with van der Waals surface area (Å²) in [5, 5.41) is 0.575. The summed E-state index contributed by atoms with van der Waals surface area (Å²) in [4.78, 5) is 1.41. The van der Waals surface area contributed by atoms with E-state index in [4.69, 9.17) is 5.73 Å². The van der Waals surface area contributed by atoms with Crippen molar-refractivity contribution in [1.29, 1.82) is 0 Å². The molecular formula is C15H23NS. The van der Waals surface area contributed by atoms with Crippen LogP contribution < -0.4 is 5.73 Å². The number of hydrogen-bond donors (Lipinski definition) is 1. The molecule has 0 bridgehead atoms. The molecule has 1 saturated carbocycles. The molecule has 2 rings (SSSR count). The van der Waals surface area contributed by atoms with Crippen LogP contribution >= 0.6 is 11.8 Å². The van der Waals surface area contributed by atoms with E-state index in [0.29, 0.717) is 16.7 Å². The van der Waals surface area contributed by atoms with E-state index >= 15 is 0 Å². The molecular weight excluding hydrogens is 226 g/mol. The van der Waals surface area contributed by atoms with E-state index in [0.717, 1.165) is 0 Å². The Hall–Kier alpha value is -0.470.